The Morgan fingerprint density at radius 3 is 2.48 bits per heavy atom. The highest BCUT2D eigenvalue weighted by Crippen LogP contribution is 2.07. The van der Waals surface area contributed by atoms with Crippen LogP contribution in [0.5, 0.6) is 0 Å². The normalized spacial score (nSPS) is 13.0. The van der Waals surface area contributed by atoms with Gasteiger partial charge in [-0.15, -0.1) is 0 Å². The number of esters is 1. The zero-order chi connectivity index (χ0) is 17.3. The maximum Gasteiger partial charge on any atom is 0.336 e. The van der Waals surface area contributed by atoms with Crippen molar-refractivity contribution in [3.05, 3.63) is 35.9 Å². The molecule has 23 heavy (non-hydrogen) atoms. The Labute approximate surface area is 138 Å². The minimum atomic E-state index is -3.45. The molecule has 0 bridgehead atoms. The van der Waals surface area contributed by atoms with Crippen molar-refractivity contribution in [2.45, 2.75) is 39.2 Å². The van der Waals surface area contributed by atoms with Crippen LogP contribution in [0.15, 0.2) is 30.3 Å². The van der Waals surface area contributed by atoms with Gasteiger partial charge in [0.15, 0.2) is 15.9 Å². The van der Waals surface area contributed by atoms with E-state index in [-0.39, 0.29) is 18.3 Å². The highest BCUT2D eigenvalue weighted by Gasteiger charge is 2.24. The molecule has 1 atom stereocenters. The number of aliphatic hydroxyl groups excluding tert-OH is 1. The molecule has 1 rings (SSSR count). The Bertz CT molecular complexity index is 566. The average Bonchev–Trinajstić information content (AvgIpc) is 2.50. The number of rotatable bonds is 10. The van der Waals surface area contributed by atoms with Gasteiger partial charge >= 0.3 is 5.97 Å². The molecule has 0 amide bonds. The molecule has 0 spiro atoms. The molecular weight excluding hydrogens is 316 g/mol. The van der Waals surface area contributed by atoms with Crippen molar-refractivity contribution in [3.8, 4) is 0 Å². The largest absolute Gasteiger partial charge is 0.464 e. The highest BCUT2D eigenvalue weighted by molar-refractivity contribution is 7.91. The highest BCUT2D eigenvalue weighted by atomic mass is 32.2. The SMILES string of the molecule is CC(C)CCS(=O)(=O)CC(O)C(=O)OCCCc1ccccc1. The van der Waals surface area contributed by atoms with Crippen molar-refractivity contribution in [3.63, 3.8) is 0 Å². The summed E-state index contributed by atoms with van der Waals surface area (Å²) in [7, 11) is -3.45. The summed E-state index contributed by atoms with van der Waals surface area (Å²) in [6.07, 6.45) is 0.296. The summed E-state index contributed by atoms with van der Waals surface area (Å²) in [5, 5.41) is 9.68. The first-order valence-electron chi connectivity index (χ1n) is 7.89. The monoisotopic (exact) mass is 342 g/mol. The molecule has 0 aliphatic rings. The fraction of sp³-hybridized carbons (Fsp3) is 0.588. The molecule has 1 unspecified atom stereocenters. The van der Waals surface area contributed by atoms with Gasteiger partial charge in [-0.3, -0.25) is 0 Å². The van der Waals surface area contributed by atoms with E-state index in [0.29, 0.717) is 12.8 Å². The van der Waals surface area contributed by atoms with E-state index in [4.69, 9.17) is 4.74 Å². The molecule has 0 radical (unpaired) electrons. The molecule has 0 aliphatic carbocycles. The Morgan fingerprint density at radius 1 is 1.22 bits per heavy atom. The third-order valence-corrected chi connectivity index (χ3v) is 5.07. The number of ether oxygens (including phenoxy) is 1. The predicted molar refractivity (Wildman–Crippen MR) is 89.8 cm³/mol. The second-order valence-corrected chi connectivity index (χ2v) is 8.30. The number of aliphatic hydroxyl groups is 1. The van der Waals surface area contributed by atoms with Gasteiger partial charge in [-0.1, -0.05) is 44.2 Å². The minimum absolute atomic E-state index is 0.0248. The number of carbonyl (C=O) groups is 1. The molecule has 0 fully saturated rings. The molecule has 130 valence electrons. The van der Waals surface area contributed by atoms with Crippen molar-refractivity contribution in [2.75, 3.05) is 18.1 Å². The first kappa shape index (κ1) is 19.6. The van der Waals surface area contributed by atoms with Crippen LogP contribution in [0.25, 0.3) is 0 Å². The molecule has 0 aromatic heterocycles. The summed E-state index contributed by atoms with van der Waals surface area (Å²) in [4.78, 5) is 11.6. The van der Waals surface area contributed by atoms with Gasteiger partial charge in [0.05, 0.1) is 18.1 Å². The average molecular weight is 342 g/mol. The van der Waals surface area contributed by atoms with E-state index in [1.165, 1.54) is 0 Å². The molecule has 1 aromatic carbocycles. The van der Waals surface area contributed by atoms with E-state index in [0.717, 1.165) is 12.0 Å². The lowest BCUT2D eigenvalue weighted by Gasteiger charge is -2.12. The third-order valence-electron chi connectivity index (χ3n) is 3.39. The van der Waals surface area contributed by atoms with Crippen LogP contribution in [0.3, 0.4) is 0 Å². The fourth-order valence-corrected chi connectivity index (χ4v) is 3.61. The van der Waals surface area contributed by atoms with Gasteiger partial charge in [0, 0.05) is 0 Å². The number of sulfone groups is 1. The van der Waals surface area contributed by atoms with Crippen molar-refractivity contribution in [1.29, 1.82) is 0 Å². The predicted octanol–water partition coefficient (Wildman–Crippen LogP) is 1.98. The Balaban J connectivity index is 2.28. The van der Waals surface area contributed by atoms with Crippen LogP contribution in [-0.4, -0.2) is 43.7 Å². The van der Waals surface area contributed by atoms with Crippen LogP contribution < -0.4 is 0 Å². The Kier molecular flexibility index (Phi) is 8.26. The maximum atomic E-state index is 11.8. The standard InChI is InChI=1S/C17H26O5S/c1-14(2)10-12-23(20,21)13-16(18)17(19)22-11-6-9-15-7-4-3-5-8-15/h3-5,7-8,14,16,18H,6,9-13H2,1-2H3. The van der Waals surface area contributed by atoms with Gasteiger partial charge in [-0.05, 0) is 30.7 Å². The minimum Gasteiger partial charge on any atom is -0.464 e. The number of hydrogen-bond acceptors (Lipinski definition) is 5. The van der Waals surface area contributed by atoms with Crippen molar-refractivity contribution >= 4 is 15.8 Å². The lowest BCUT2D eigenvalue weighted by atomic mass is 10.1. The summed E-state index contributed by atoms with van der Waals surface area (Å²) in [6, 6.07) is 9.77. The first-order valence-corrected chi connectivity index (χ1v) is 9.71. The van der Waals surface area contributed by atoms with Gasteiger partial charge in [0.2, 0.25) is 0 Å². The zero-order valence-electron chi connectivity index (χ0n) is 13.8. The maximum absolute atomic E-state index is 11.8. The number of benzene rings is 1. The first-order chi connectivity index (χ1) is 10.8. The van der Waals surface area contributed by atoms with Gasteiger partial charge in [0.1, 0.15) is 0 Å². The summed E-state index contributed by atoms with van der Waals surface area (Å²) in [5.74, 6) is -1.21. The molecule has 5 nitrogen and oxygen atoms in total. The van der Waals surface area contributed by atoms with Crippen molar-refractivity contribution < 1.29 is 23.1 Å². The quantitative estimate of drug-likeness (QED) is 0.519. The van der Waals surface area contributed by atoms with Gasteiger partial charge < -0.3 is 9.84 Å². The summed E-state index contributed by atoms with van der Waals surface area (Å²) in [5.41, 5.74) is 1.14. The molecule has 1 N–H and O–H groups in total. The number of carbonyl (C=O) groups excluding carboxylic acids is 1. The van der Waals surface area contributed by atoms with E-state index in [9.17, 15) is 18.3 Å². The Hall–Kier alpha value is -1.40. The van der Waals surface area contributed by atoms with Crippen LogP contribution in [0.1, 0.15) is 32.3 Å². The Morgan fingerprint density at radius 2 is 1.87 bits per heavy atom. The van der Waals surface area contributed by atoms with Crippen LogP contribution in [-0.2, 0) is 25.8 Å². The zero-order valence-corrected chi connectivity index (χ0v) is 14.6. The summed E-state index contributed by atoms with van der Waals surface area (Å²) >= 11 is 0. The van der Waals surface area contributed by atoms with Crippen LogP contribution in [0.4, 0.5) is 0 Å². The lowest BCUT2D eigenvalue weighted by Crippen LogP contribution is -2.32. The second-order valence-electron chi connectivity index (χ2n) is 6.07. The van der Waals surface area contributed by atoms with Gasteiger partial charge in [-0.25, -0.2) is 13.2 Å². The molecule has 1 aromatic rings. The topological polar surface area (TPSA) is 80.7 Å². The molecule has 0 heterocycles. The van der Waals surface area contributed by atoms with Gasteiger partial charge in [0.25, 0.3) is 0 Å². The molecular formula is C17H26O5S. The smallest absolute Gasteiger partial charge is 0.336 e. The van der Waals surface area contributed by atoms with Crippen molar-refractivity contribution in [2.24, 2.45) is 5.92 Å². The van der Waals surface area contributed by atoms with E-state index in [2.05, 4.69) is 0 Å². The van der Waals surface area contributed by atoms with Crippen molar-refractivity contribution in [1.82, 2.24) is 0 Å². The van der Waals surface area contributed by atoms with Crippen LogP contribution >= 0.6 is 0 Å². The van der Waals surface area contributed by atoms with E-state index >= 15 is 0 Å². The third kappa shape index (κ3) is 8.71. The second kappa shape index (κ2) is 9.67. The number of aryl methyl sites for hydroxylation is 1. The van der Waals surface area contributed by atoms with Crippen LogP contribution in [0.2, 0.25) is 0 Å². The van der Waals surface area contributed by atoms with Gasteiger partial charge in [-0.2, -0.15) is 0 Å². The van der Waals surface area contributed by atoms with Crippen LogP contribution in [0, 0.1) is 5.92 Å². The van der Waals surface area contributed by atoms with E-state index in [1.54, 1.807) is 0 Å². The van der Waals surface area contributed by atoms with E-state index < -0.39 is 27.7 Å². The molecule has 0 saturated carbocycles. The fourth-order valence-electron chi connectivity index (χ4n) is 2.00. The molecule has 6 heteroatoms. The molecule has 0 aliphatic heterocycles. The summed E-state index contributed by atoms with van der Waals surface area (Å²) in [6.45, 7) is 4.01. The van der Waals surface area contributed by atoms with E-state index in [1.807, 2.05) is 44.2 Å². The summed E-state index contributed by atoms with van der Waals surface area (Å²) < 4.78 is 28.5. The number of hydrogen-bond donors (Lipinski definition) is 1. The lowest BCUT2D eigenvalue weighted by molar-refractivity contribution is -0.152. The molecule has 0 saturated heterocycles.